The van der Waals surface area contributed by atoms with Gasteiger partial charge in [0, 0.05) is 57.8 Å². The van der Waals surface area contributed by atoms with Gasteiger partial charge in [-0.15, -0.1) is 0 Å². The van der Waals surface area contributed by atoms with Crippen LogP contribution < -0.4 is 0 Å². The number of methoxy groups -OCH3 is 1. The topological polar surface area (TPSA) is 57.3 Å². The number of aromatic nitrogens is 3. The van der Waals surface area contributed by atoms with Gasteiger partial charge in [0.15, 0.2) is 0 Å². The van der Waals surface area contributed by atoms with E-state index >= 15 is 0 Å². The zero-order chi connectivity index (χ0) is 19.8. The van der Waals surface area contributed by atoms with Crippen LogP contribution >= 0.6 is 0 Å². The van der Waals surface area contributed by atoms with Gasteiger partial charge in [0.25, 0.3) is 0 Å². The van der Waals surface area contributed by atoms with Crippen LogP contribution in [0, 0.1) is 12.8 Å². The zero-order valence-corrected chi connectivity index (χ0v) is 17.7. The predicted molar refractivity (Wildman–Crippen MR) is 112 cm³/mol. The lowest BCUT2D eigenvalue weighted by atomic mass is 9.96. The van der Waals surface area contributed by atoms with Gasteiger partial charge in [0.1, 0.15) is 5.82 Å². The zero-order valence-electron chi connectivity index (χ0n) is 17.7. The highest BCUT2D eigenvalue weighted by atomic mass is 16.5. The SMILES string of the molecule is CCc1nc(CN(Cc2ccncc2)CC2CCN(CCOC)CC2)c(C)[nH]1. The molecule has 0 spiro atoms. The Morgan fingerprint density at radius 3 is 2.61 bits per heavy atom. The summed E-state index contributed by atoms with van der Waals surface area (Å²) in [7, 11) is 1.78. The summed E-state index contributed by atoms with van der Waals surface area (Å²) in [6.07, 6.45) is 7.24. The Kier molecular flexibility index (Phi) is 8.01. The summed E-state index contributed by atoms with van der Waals surface area (Å²) < 4.78 is 5.23. The molecule has 1 N–H and O–H groups in total. The van der Waals surface area contributed by atoms with Gasteiger partial charge in [-0.05, 0) is 56.5 Å². The normalized spacial score (nSPS) is 16.1. The molecule has 1 aliphatic heterocycles. The van der Waals surface area contributed by atoms with Crippen molar-refractivity contribution in [2.75, 3.05) is 39.9 Å². The molecule has 28 heavy (non-hydrogen) atoms. The number of hydrogen-bond acceptors (Lipinski definition) is 5. The number of aryl methyl sites for hydroxylation is 2. The van der Waals surface area contributed by atoms with Crippen LogP contribution in [0.4, 0.5) is 0 Å². The molecule has 0 unspecified atom stereocenters. The summed E-state index contributed by atoms with van der Waals surface area (Å²) in [6.45, 7) is 11.5. The highest BCUT2D eigenvalue weighted by molar-refractivity contribution is 5.14. The lowest BCUT2D eigenvalue weighted by molar-refractivity contribution is 0.103. The fourth-order valence-electron chi connectivity index (χ4n) is 4.01. The third-order valence-corrected chi connectivity index (χ3v) is 5.73. The van der Waals surface area contributed by atoms with Crippen molar-refractivity contribution in [3.8, 4) is 0 Å². The Bertz CT molecular complexity index is 694. The molecule has 0 saturated carbocycles. The number of imidazole rings is 1. The Balaban J connectivity index is 1.62. The molecule has 2 aromatic heterocycles. The minimum Gasteiger partial charge on any atom is -0.383 e. The van der Waals surface area contributed by atoms with Gasteiger partial charge in [-0.2, -0.15) is 0 Å². The average Bonchev–Trinajstić information content (AvgIpc) is 3.07. The van der Waals surface area contributed by atoms with Crippen LogP contribution in [0.15, 0.2) is 24.5 Å². The van der Waals surface area contributed by atoms with E-state index in [-0.39, 0.29) is 0 Å². The lowest BCUT2D eigenvalue weighted by Gasteiger charge is -2.34. The van der Waals surface area contributed by atoms with Crippen LogP contribution in [0.3, 0.4) is 0 Å². The monoisotopic (exact) mass is 385 g/mol. The smallest absolute Gasteiger partial charge is 0.106 e. The molecule has 2 aromatic rings. The van der Waals surface area contributed by atoms with Crippen molar-refractivity contribution >= 4 is 0 Å². The summed E-state index contributed by atoms with van der Waals surface area (Å²) >= 11 is 0. The second-order valence-corrected chi connectivity index (χ2v) is 7.91. The maximum Gasteiger partial charge on any atom is 0.106 e. The molecule has 6 heteroatoms. The second kappa shape index (κ2) is 10.7. The number of likely N-dealkylation sites (tertiary alicyclic amines) is 1. The van der Waals surface area contributed by atoms with Crippen molar-refractivity contribution in [1.29, 1.82) is 0 Å². The number of nitrogens with zero attached hydrogens (tertiary/aromatic N) is 4. The van der Waals surface area contributed by atoms with Crippen LogP contribution in [-0.4, -0.2) is 64.6 Å². The van der Waals surface area contributed by atoms with Crippen LogP contribution in [0.2, 0.25) is 0 Å². The molecule has 3 heterocycles. The maximum absolute atomic E-state index is 5.23. The van der Waals surface area contributed by atoms with Gasteiger partial charge in [-0.1, -0.05) is 6.92 Å². The molecule has 6 nitrogen and oxygen atoms in total. The number of pyridine rings is 1. The third kappa shape index (κ3) is 6.12. The molecule has 1 aliphatic rings. The van der Waals surface area contributed by atoms with Gasteiger partial charge in [0.05, 0.1) is 12.3 Å². The number of ether oxygens (including phenoxy) is 1. The third-order valence-electron chi connectivity index (χ3n) is 5.73. The Morgan fingerprint density at radius 1 is 1.21 bits per heavy atom. The quantitative estimate of drug-likeness (QED) is 0.681. The molecule has 0 radical (unpaired) electrons. The first-order chi connectivity index (χ1) is 13.7. The van der Waals surface area contributed by atoms with Crippen molar-refractivity contribution in [3.05, 3.63) is 47.3 Å². The maximum atomic E-state index is 5.23. The number of aromatic amines is 1. The summed E-state index contributed by atoms with van der Waals surface area (Å²) in [4.78, 5) is 17.5. The molecular weight excluding hydrogens is 350 g/mol. The first kappa shape index (κ1) is 21.0. The van der Waals surface area contributed by atoms with Gasteiger partial charge in [0.2, 0.25) is 0 Å². The van der Waals surface area contributed by atoms with E-state index in [4.69, 9.17) is 9.72 Å². The second-order valence-electron chi connectivity index (χ2n) is 7.91. The fraction of sp³-hybridized carbons (Fsp3) is 0.636. The number of hydrogen-bond donors (Lipinski definition) is 1. The highest BCUT2D eigenvalue weighted by Crippen LogP contribution is 2.21. The van der Waals surface area contributed by atoms with Gasteiger partial charge in [-0.25, -0.2) is 4.98 Å². The van der Waals surface area contributed by atoms with Crippen LogP contribution in [0.1, 0.15) is 42.5 Å². The first-order valence-corrected chi connectivity index (χ1v) is 10.5. The standard InChI is InChI=1S/C22H35N5O/c1-4-22-24-18(2)21(25-22)17-27(15-19-5-9-23-10-6-19)16-20-7-11-26(12-8-20)13-14-28-3/h5-6,9-10,20H,4,7-8,11-17H2,1-3H3,(H,24,25). The summed E-state index contributed by atoms with van der Waals surface area (Å²) in [5, 5.41) is 0. The highest BCUT2D eigenvalue weighted by Gasteiger charge is 2.22. The molecule has 0 aromatic carbocycles. The van der Waals surface area contributed by atoms with Crippen molar-refractivity contribution < 1.29 is 4.74 Å². The van der Waals surface area contributed by atoms with Crippen molar-refractivity contribution in [2.45, 2.75) is 46.2 Å². The van der Waals surface area contributed by atoms with Gasteiger partial charge >= 0.3 is 0 Å². The minimum atomic E-state index is 0.741. The van der Waals surface area contributed by atoms with Crippen LogP contribution in [0.5, 0.6) is 0 Å². The fourth-order valence-corrected chi connectivity index (χ4v) is 4.01. The van der Waals surface area contributed by atoms with E-state index < -0.39 is 0 Å². The van der Waals surface area contributed by atoms with Crippen LogP contribution in [0.25, 0.3) is 0 Å². The summed E-state index contributed by atoms with van der Waals surface area (Å²) in [5.74, 6) is 1.83. The van der Waals surface area contributed by atoms with E-state index in [1.54, 1.807) is 7.11 Å². The van der Waals surface area contributed by atoms with E-state index in [0.29, 0.717) is 0 Å². The Morgan fingerprint density at radius 2 is 1.96 bits per heavy atom. The van der Waals surface area contributed by atoms with E-state index in [1.165, 1.54) is 42.9 Å². The van der Waals surface area contributed by atoms with Gasteiger partial charge in [-0.3, -0.25) is 9.88 Å². The summed E-state index contributed by atoms with van der Waals surface area (Å²) in [5.41, 5.74) is 3.70. The number of nitrogens with one attached hydrogen (secondary N) is 1. The van der Waals surface area contributed by atoms with Crippen LogP contribution in [-0.2, 0) is 24.2 Å². The van der Waals surface area contributed by atoms with E-state index in [9.17, 15) is 0 Å². The van der Waals surface area contributed by atoms with E-state index in [1.807, 2.05) is 12.4 Å². The average molecular weight is 386 g/mol. The molecule has 3 rings (SSSR count). The van der Waals surface area contributed by atoms with Crippen molar-refractivity contribution in [3.63, 3.8) is 0 Å². The molecule has 154 valence electrons. The lowest BCUT2D eigenvalue weighted by Crippen LogP contribution is -2.39. The van der Waals surface area contributed by atoms with Crippen molar-refractivity contribution in [1.82, 2.24) is 24.8 Å². The number of piperidine rings is 1. The van der Waals surface area contributed by atoms with E-state index in [2.05, 4.69) is 45.7 Å². The molecule has 0 aliphatic carbocycles. The minimum absolute atomic E-state index is 0.741. The van der Waals surface area contributed by atoms with Crippen molar-refractivity contribution in [2.24, 2.45) is 5.92 Å². The Labute approximate surface area is 169 Å². The van der Waals surface area contributed by atoms with Gasteiger partial charge < -0.3 is 14.6 Å². The molecule has 0 bridgehead atoms. The number of rotatable bonds is 10. The molecule has 1 saturated heterocycles. The predicted octanol–water partition coefficient (Wildman–Crippen LogP) is 3.04. The summed E-state index contributed by atoms with van der Waals surface area (Å²) in [6, 6.07) is 4.24. The first-order valence-electron chi connectivity index (χ1n) is 10.5. The molecule has 0 amide bonds. The number of H-pyrrole nitrogens is 1. The molecular formula is C22H35N5O. The molecule has 0 atom stereocenters. The largest absolute Gasteiger partial charge is 0.383 e. The van der Waals surface area contributed by atoms with E-state index in [0.717, 1.165) is 50.9 Å². The molecule has 1 fully saturated rings. The Hall–Kier alpha value is -1.76.